The lowest BCUT2D eigenvalue weighted by molar-refractivity contribution is 0.157. The predicted octanol–water partition coefficient (Wildman–Crippen LogP) is 2.54. The molecule has 0 radical (unpaired) electrons. The molecule has 0 aliphatic carbocycles. The Morgan fingerprint density at radius 2 is 1.81 bits per heavy atom. The zero-order valence-electron chi connectivity index (χ0n) is 14.9. The number of methoxy groups -OCH3 is 2. The second-order valence-corrected chi connectivity index (χ2v) is 6.30. The van der Waals surface area contributed by atoms with Gasteiger partial charge in [-0.2, -0.15) is 0 Å². The lowest BCUT2D eigenvalue weighted by Gasteiger charge is -2.19. The molecule has 6 heteroatoms. The molecule has 0 aromatic heterocycles. The molecule has 2 aromatic rings. The van der Waals surface area contributed by atoms with Gasteiger partial charge in [-0.3, -0.25) is 0 Å². The molecule has 1 heterocycles. The van der Waals surface area contributed by atoms with Crippen molar-refractivity contribution in [2.75, 3.05) is 27.4 Å². The van der Waals surface area contributed by atoms with Crippen molar-refractivity contribution in [2.45, 2.75) is 24.9 Å². The van der Waals surface area contributed by atoms with E-state index in [0.717, 1.165) is 16.7 Å². The van der Waals surface area contributed by atoms with E-state index in [4.69, 9.17) is 19.3 Å². The molecule has 0 bridgehead atoms. The molecule has 1 aliphatic heterocycles. The van der Waals surface area contributed by atoms with Crippen molar-refractivity contribution in [3.05, 3.63) is 47.0 Å². The molecule has 26 heavy (non-hydrogen) atoms. The summed E-state index contributed by atoms with van der Waals surface area (Å²) < 4.78 is 16.6. The third-order valence-electron chi connectivity index (χ3n) is 4.72. The number of aromatic hydroxyl groups is 1. The summed E-state index contributed by atoms with van der Waals surface area (Å²) in [5, 5.41) is 29.4. The number of phenols is 1. The Bertz CT molecular complexity index is 773. The second-order valence-electron chi connectivity index (χ2n) is 6.30. The van der Waals surface area contributed by atoms with Crippen molar-refractivity contribution in [2.24, 2.45) is 0 Å². The standard InChI is InChI=1S/C20H24O6/c1-24-17-6-5-13(10-18(17)25-2)19-15(11-22)14-8-12(4-3-7-21)9-16(23)20(14)26-19/h5-6,8-10,15,19,21-23H,3-4,7,11H2,1-2H3/t15-,19+/m0/s1. The fourth-order valence-corrected chi connectivity index (χ4v) is 3.42. The SMILES string of the molecule is COc1ccc([C@H]2Oc3c(O)cc(CCCO)cc3[C@@H]2CO)cc1OC. The van der Waals surface area contributed by atoms with Crippen LogP contribution < -0.4 is 14.2 Å². The highest BCUT2D eigenvalue weighted by atomic mass is 16.5. The third kappa shape index (κ3) is 3.30. The minimum Gasteiger partial charge on any atom is -0.504 e. The molecular formula is C20H24O6. The second kappa shape index (κ2) is 7.85. The van der Waals surface area contributed by atoms with Crippen LogP contribution in [0.25, 0.3) is 0 Å². The summed E-state index contributed by atoms with van der Waals surface area (Å²) in [6.07, 6.45) is 0.826. The Hall–Kier alpha value is -2.44. The number of aryl methyl sites for hydroxylation is 1. The molecular weight excluding hydrogens is 336 g/mol. The van der Waals surface area contributed by atoms with Gasteiger partial charge in [0.25, 0.3) is 0 Å². The van der Waals surface area contributed by atoms with E-state index >= 15 is 0 Å². The Morgan fingerprint density at radius 1 is 1.04 bits per heavy atom. The van der Waals surface area contributed by atoms with Crippen LogP contribution >= 0.6 is 0 Å². The average Bonchev–Trinajstić information content (AvgIpc) is 3.04. The highest BCUT2D eigenvalue weighted by molar-refractivity contribution is 5.55. The van der Waals surface area contributed by atoms with E-state index in [0.29, 0.717) is 30.1 Å². The van der Waals surface area contributed by atoms with E-state index < -0.39 is 6.10 Å². The van der Waals surface area contributed by atoms with E-state index in [-0.39, 0.29) is 24.9 Å². The van der Waals surface area contributed by atoms with Crippen LogP contribution in [0.2, 0.25) is 0 Å². The minimum absolute atomic E-state index is 0.0527. The van der Waals surface area contributed by atoms with E-state index in [1.807, 2.05) is 18.2 Å². The number of rotatable bonds is 7. The average molecular weight is 360 g/mol. The number of aliphatic hydroxyl groups excluding tert-OH is 2. The normalized spacial score (nSPS) is 18.3. The zero-order chi connectivity index (χ0) is 18.7. The molecule has 2 aromatic carbocycles. The van der Waals surface area contributed by atoms with Crippen molar-refractivity contribution in [3.63, 3.8) is 0 Å². The van der Waals surface area contributed by atoms with Crippen molar-refractivity contribution in [3.8, 4) is 23.0 Å². The maximum absolute atomic E-state index is 10.4. The lowest BCUT2D eigenvalue weighted by Crippen LogP contribution is -2.13. The Morgan fingerprint density at radius 3 is 2.46 bits per heavy atom. The van der Waals surface area contributed by atoms with E-state index in [1.54, 1.807) is 26.4 Å². The third-order valence-corrected chi connectivity index (χ3v) is 4.72. The Balaban J connectivity index is 1.96. The maximum atomic E-state index is 10.4. The van der Waals surface area contributed by atoms with Gasteiger partial charge in [-0.05, 0) is 42.2 Å². The van der Waals surface area contributed by atoms with Gasteiger partial charge in [0, 0.05) is 12.2 Å². The summed E-state index contributed by atoms with van der Waals surface area (Å²) in [6, 6.07) is 9.07. The molecule has 6 nitrogen and oxygen atoms in total. The summed E-state index contributed by atoms with van der Waals surface area (Å²) in [4.78, 5) is 0. The van der Waals surface area contributed by atoms with E-state index in [9.17, 15) is 10.2 Å². The highest BCUT2D eigenvalue weighted by Gasteiger charge is 2.37. The molecule has 2 atom stereocenters. The van der Waals surface area contributed by atoms with Crippen molar-refractivity contribution >= 4 is 0 Å². The topological polar surface area (TPSA) is 88.4 Å². The van der Waals surface area contributed by atoms with Crippen LogP contribution in [-0.4, -0.2) is 42.8 Å². The summed E-state index contributed by atoms with van der Waals surface area (Å²) in [5.41, 5.74) is 2.51. The first kappa shape index (κ1) is 18.4. The monoisotopic (exact) mass is 360 g/mol. The van der Waals surface area contributed by atoms with Gasteiger partial charge in [0.15, 0.2) is 23.0 Å². The number of hydrogen-bond acceptors (Lipinski definition) is 6. The van der Waals surface area contributed by atoms with Crippen LogP contribution in [-0.2, 0) is 6.42 Å². The molecule has 0 saturated heterocycles. The molecule has 3 rings (SSSR count). The van der Waals surface area contributed by atoms with Crippen LogP contribution in [0, 0.1) is 0 Å². The van der Waals surface area contributed by atoms with Gasteiger partial charge in [-0.15, -0.1) is 0 Å². The maximum Gasteiger partial charge on any atom is 0.165 e. The number of aliphatic hydroxyl groups is 2. The first-order valence-corrected chi connectivity index (χ1v) is 8.59. The number of phenolic OH excluding ortho intramolecular Hbond substituents is 1. The van der Waals surface area contributed by atoms with Crippen LogP contribution in [0.15, 0.2) is 30.3 Å². The molecule has 140 valence electrons. The fraction of sp³-hybridized carbons (Fsp3) is 0.400. The summed E-state index contributed by atoms with van der Waals surface area (Å²) in [7, 11) is 3.14. The van der Waals surface area contributed by atoms with Crippen molar-refractivity contribution in [1.82, 2.24) is 0 Å². The zero-order valence-corrected chi connectivity index (χ0v) is 14.9. The molecule has 0 spiro atoms. The summed E-state index contributed by atoms with van der Waals surface area (Å²) in [6.45, 7) is -0.0268. The Labute approximate surface area is 152 Å². The van der Waals surface area contributed by atoms with Gasteiger partial charge in [0.2, 0.25) is 0 Å². The smallest absolute Gasteiger partial charge is 0.165 e. The van der Waals surface area contributed by atoms with Crippen LogP contribution in [0.4, 0.5) is 0 Å². The molecule has 0 amide bonds. The van der Waals surface area contributed by atoms with Crippen molar-refractivity contribution < 1.29 is 29.5 Å². The molecule has 0 unspecified atom stereocenters. The number of fused-ring (bicyclic) bond motifs is 1. The van der Waals surface area contributed by atoms with Gasteiger partial charge in [-0.1, -0.05) is 12.1 Å². The highest BCUT2D eigenvalue weighted by Crippen LogP contribution is 2.51. The van der Waals surface area contributed by atoms with Gasteiger partial charge in [-0.25, -0.2) is 0 Å². The molecule has 0 saturated carbocycles. The predicted molar refractivity (Wildman–Crippen MR) is 96.3 cm³/mol. The molecule has 3 N–H and O–H groups in total. The lowest BCUT2D eigenvalue weighted by atomic mass is 9.90. The quantitative estimate of drug-likeness (QED) is 0.703. The van der Waals surface area contributed by atoms with Gasteiger partial charge in [0.1, 0.15) is 6.10 Å². The van der Waals surface area contributed by atoms with Gasteiger partial charge in [0.05, 0.1) is 26.7 Å². The fourth-order valence-electron chi connectivity index (χ4n) is 3.42. The first-order valence-electron chi connectivity index (χ1n) is 8.59. The van der Waals surface area contributed by atoms with E-state index in [2.05, 4.69) is 0 Å². The summed E-state index contributed by atoms with van der Waals surface area (Å²) >= 11 is 0. The van der Waals surface area contributed by atoms with Crippen LogP contribution in [0.1, 0.15) is 35.1 Å². The minimum atomic E-state index is -0.436. The van der Waals surface area contributed by atoms with Gasteiger partial charge < -0.3 is 29.5 Å². The molecule has 0 fully saturated rings. The number of benzene rings is 2. The van der Waals surface area contributed by atoms with Crippen LogP contribution in [0.5, 0.6) is 23.0 Å². The largest absolute Gasteiger partial charge is 0.504 e. The molecule has 1 aliphatic rings. The van der Waals surface area contributed by atoms with Gasteiger partial charge >= 0.3 is 0 Å². The van der Waals surface area contributed by atoms with Crippen molar-refractivity contribution in [1.29, 1.82) is 0 Å². The summed E-state index contributed by atoms with van der Waals surface area (Å²) in [5.74, 6) is 1.34. The number of ether oxygens (including phenoxy) is 3. The Kier molecular flexibility index (Phi) is 5.54. The van der Waals surface area contributed by atoms with E-state index in [1.165, 1.54) is 0 Å². The number of hydrogen-bond donors (Lipinski definition) is 3. The van der Waals surface area contributed by atoms with Crippen LogP contribution in [0.3, 0.4) is 0 Å². The first-order chi connectivity index (χ1) is 12.6.